The molecule has 1 N–H and O–H groups in total. The highest BCUT2D eigenvalue weighted by Gasteiger charge is 2.46. The minimum atomic E-state index is -2.11. The van der Waals surface area contributed by atoms with E-state index in [1.165, 1.54) is 17.0 Å². The number of anilines is 1. The number of hydrogen-bond acceptors (Lipinski definition) is 4. The van der Waals surface area contributed by atoms with Crippen molar-refractivity contribution in [1.82, 2.24) is 4.90 Å². The van der Waals surface area contributed by atoms with E-state index in [1.807, 2.05) is 22.6 Å². The van der Waals surface area contributed by atoms with Crippen molar-refractivity contribution in [2.24, 2.45) is 0 Å². The number of halogens is 2. The molecule has 0 bridgehead atoms. The van der Waals surface area contributed by atoms with Crippen molar-refractivity contribution >= 4 is 48.6 Å². The van der Waals surface area contributed by atoms with E-state index in [2.05, 4.69) is 39.2 Å². The molecule has 2 rings (SSSR count). The first-order valence-corrected chi connectivity index (χ1v) is 14.4. The van der Waals surface area contributed by atoms with E-state index in [4.69, 9.17) is 9.16 Å². The van der Waals surface area contributed by atoms with Crippen LogP contribution in [0.5, 0.6) is 0 Å². The Balaban J connectivity index is 2.25. The molecule has 9 heteroatoms. The predicted molar refractivity (Wildman–Crippen MR) is 131 cm³/mol. The van der Waals surface area contributed by atoms with E-state index in [-0.39, 0.29) is 23.4 Å². The van der Waals surface area contributed by atoms with Gasteiger partial charge in [0.2, 0.25) is 5.91 Å². The van der Waals surface area contributed by atoms with Crippen LogP contribution >= 0.6 is 22.6 Å². The van der Waals surface area contributed by atoms with E-state index >= 15 is 0 Å². The summed E-state index contributed by atoms with van der Waals surface area (Å²) in [5, 5.41) is 2.62. The van der Waals surface area contributed by atoms with Crippen LogP contribution in [0.4, 0.5) is 14.9 Å². The summed E-state index contributed by atoms with van der Waals surface area (Å²) in [5.41, 5.74) is -0.609. The normalized spacial score (nSPS) is 20.0. The molecule has 0 aromatic heterocycles. The molecule has 6 nitrogen and oxygen atoms in total. The average molecular weight is 565 g/mol. The number of ether oxygens (including phenoxy) is 1. The summed E-state index contributed by atoms with van der Waals surface area (Å²) in [6.07, 6.45) is -0.522. The van der Waals surface area contributed by atoms with Gasteiger partial charge < -0.3 is 14.5 Å². The zero-order valence-corrected chi connectivity index (χ0v) is 22.8. The second kappa shape index (κ2) is 9.34. The molecule has 1 saturated heterocycles. The molecule has 0 unspecified atom stereocenters. The fourth-order valence-electron chi connectivity index (χ4n) is 3.05. The van der Waals surface area contributed by atoms with Crippen LogP contribution in [0.3, 0.4) is 0 Å². The average Bonchev–Trinajstić information content (AvgIpc) is 2.98. The molecule has 0 radical (unpaired) electrons. The molecule has 1 aliphatic heterocycles. The molecular formula is C22H34FIN2O4Si. The van der Waals surface area contributed by atoms with Gasteiger partial charge in [0.1, 0.15) is 17.5 Å². The number of amides is 2. The fraction of sp³-hybridized carbons (Fsp3) is 0.636. The summed E-state index contributed by atoms with van der Waals surface area (Å²) >= 11 is 2.00. The van der Waals surface area contributed by atoms with E-state index in [0.717, 1.165) is 3.57 Å². The van der Waals surface area contributed by atoms with Crippen LogP contribution in [-0.2, 0) is 14.0 Å². The summed E-state index contributed by atoms with van der Waals surface area (Å²) < 4.78 is 27.0. The van der Waals surface area contributed by atoms with Gasteiger partial charge in [-0.1, -0.05) is 20.8 Å². The lowest BCUT2D eigenvalue weighted by Crippen LogP contribution is -2.46. The molecular weight excluding hydrogens is 530 g/mol. The van der Waals surface area contributed by atoms with Crippen molar-refractivity contribution in [1.29, 1.82) is 0 Å². The van der Waals surface area contributed by atoms with Gasteiger partial charge in [0.05, 0.1) is 11.8 Å². The molecule has 2 atom stereocenters. The molecule has 0 aliphatic carbocycles. The Bertz CT molecular complexity index is 836. The Kier molecular flexibility index (Phi) is 7.85. The number of hydrogen-bond donors (Lipinski definition) is 1. The lowest BCUT2D eigenvalue weighted by molar-refractivity contribution is -0.120. The first kappa shape index (κ1) is 26.1. The van der Waals surface area contributed by atoms with Crippen LogP contribution in [0.15, 0.2) is 18.2 Å². The Hall–Kier alpha value is -1.20. The second-order valence-corrected chi connectivity index (χ2v) is 16.5. The molecule has 1 aromatic rings. The molecule has 1 aliphatic rings. The van der Waals surface area contributed by atoms with Gasteiger partial charge in [-0.05, 0) is 79.7 Å². The Morgan fingerprint density at radius 3 is 2.32 bits per heavy atom. The summed E-state index contributed by atoms with van der Waals surface area (Å²) in [6, 6.07) is 3.77. The third kappa shape index (κ3) is 6.89. The third-order valence-electron chi connectivity index (χ3n) is 5.65. The first-order chi connectivity index (χ1) is 14.0. The van der Waals surface area contributed by atoms with E-state index in [0.29, 0.717) is 6.42 Å². The summed E-state index contributed by atoms with van der Waals surface area (Å²) in [4.78, 5) is 27.3. The number of benzene rings is 1. The maximum atomic E-state index is 14.3. The largest absolute Gasteiger partial charge is 0.444 e. The van der Waals surface area contributed by atoms with E-state index < -0.39 is 37.8 Å². The maximum absolute atomic E-state index is 14.3. The van der Waals surface area contributed by atoms with E-state index in [1.54, 1.807) is 26.8 Å². The zero-order chi connectivity index (χ0) is 23.8. The van der Waals surface area contributed by atoms with Gasteiger partial charge in [0.25, 0.3) is 0 Å². The van der Waals surface area contributed by atoms with Gasteiger partial charge in [-0.15, -0.1) is 0 Å². The minimum Gasteiger partial charge on any atom is -0.444 e. The molecule has 1 fully saturated rings. The second-order valence-electron chi connectivity index (χ2n) is 10.5. The van der Waals surface area contributed by atoms with Crippen LogP contribution in [0.1, 0.15) is 48.0 Å². The number of carbonyl (C=O) groups excluding carboxylic acids is 2. The van der Waals surface area contributed by atoms with Gasteiger partial charge in [-0.3, -0.25) is 9.69 Å². The number of rotatable bonds is 4. The van der Waals surface area contributed by atoms with Crippen molar-refractivity contribution in [3.05, 3.63) is 27.6 Å². The smallest absolute Gasteiger partial charge is 0.411 e. The standard InChI is InChI=1S/C22H34FIN2O4Si/c1-21(2,3)29-20(28)26-13-15(30-31(7,8)22(4,5)6)12-18(26)19(27)25-17-10-9-14(24)11-16(17)23/h9-11,15,18H,12-13H2,1-8H3,(H,25,27)/t15-,18-/m1/s1. The first-order valence-electron chi connectivity index (χ1n) is 10.4. The summed E-state index contributed by atoms with van der Waals surface area (Å²) in [5.74, 6) is -0.969. The Labute approximate surface area is 199 Å². The van der Waals surface area contributed by atoms with Crippen molar-refractivity contribution in [2.45, 2.75) is 83.8 Å². The molecule has 1 aromatic carbocycles. The van der Waals surface area contributed by atoms with Crippen molar-refractivity contribution in [2.75, 3.05) is 11.9 Å². The van der Waals surface area contributed by atoms with Gasteiger partial charge in [0, 0.05) is 16.5 Å². The van der Waals surface area contributed by atoms with Crippen LogP contribution in [0.2, 0.25) is 18.1 Å². The van der Waals surface area contributed by atoms with Gasteiger partial charge in [0.15, 0.2) is 8.32 Å². The van der Waals surface area contributed by atoms with E-state index in [9.17, 15) is 14.0 Å². The topological polar surface area (TPSA) is 67.9 Å². The van der Waals surface area contributed by atoms with Gasteiger partial charge >= 0.3 is 6.09 Å². The maximum Gasteiger partial charge on any atom is 0.411 e. The van der Waals surface area contributed by atoms with Crippen LogP contribution in [0, 0.1) is 9.39 Å². The van der Waals surface area contributed by atoms with Crippen LogP contribution < -0.4 is 5.32 Å². The lowest BCUT2D eigenvalue weighted by atomic mass is 10.1. The SMILES string of the molecule is CC(C)(C)OC(=O)N1C[C@H](O[Si](C)(C)C(C)(C)C)C[C@@H]1C(=O)Nc1ccc(I)cc1F. The van der Waals surface area contributed by atoms with Crippen molar-refractivity contribution in [3.63, 3.8) is 0 Å². The van der Waals surface area contributed by atoms with Gasteiger partial charge in [-0.25, -0.2) is 9.18 Å². The Morgan fingerprint density at radius 1 is 1.19 bits per heavy atom. The molecule has 0 saturated carbocycles. The number of nitrogens with zero attached hydrogens (tertiary/aromatic N) is 1. The highest BCUT2D eigenvalue weighted by atomic mass is 127. The highest BCUT2D eigenvalue weighted by molar-refractivity contribution is 14.1. The van der Waals surface area contributed by atoms with Crippen molar-refractivity contribution < 1.29 is 23.1 Å². The number of likely N-dealkylation sites (tertiary alicyclic amines) is 1. The van der Waals surface area contributed by atoms with Crippen molar-refractivity contribution in [3.8, 4) is 0 Å². The fourth-order valence-corrected chi connectivity index (χ4v) is 4.86. The molecule has 31 heavy (non-hydrogen) atoms. The predicted octanol–water partition coefficient (Wildman–Crippen LogP) is 5.77. The summed E-state index contributed by atoms with van der Waals surface area (Å²) in [6.45, 7) is 16.3. The summed E-state index contributed by atoms with van der Waals surface area (Å²) in [7, 11) is -2.11. The van der Waals surface area contributed by atoms with Crippen LogP contribution in [-0.4, -0.2) is 49.5 Å². The highest BCUT2D eigenvalue weighted by Crippen LogP contribution is 2.39. The monoisotopic (exact) mass is 564 g/mol. The molecule has 2 amide bonds. The Morgan fingerprint density at radius 2 is 1.81 bits per heavy atom. The molecule has 1 heterocycles. The molecule has 174 valence electrons. The minimum absolute atomic E-state index is 0.00555. The third-order valence-corrected chi connectivity index (χ3v) is 10.9. The lowest BCUT2D eigenvalue weighted by Gasteiger charge is -2.38. The number of nitrogens with one attached hydrogen (secondary N) is 1. The van der Waals surface area contributed by atoms with Crippen LogP contribution in [0.25, 0.3) is 0 Å². The van der Waals surface area contributed by atoms with Gasteiger partial charge in [-0.2, -0.15) is 0 Å². The number of carbonyl (C=O) groups is 2. The quantitative estimate of drug-likeness (QED) is 0.373. The zero-order valence-electron chi connectivity index (χ0n) is 19.6. The molecule has 0 spiro atoms.